The summed E-state index contributed by atoms with van der Waals surface area (Å²) in [6, 6.07) is 18.1. The van der Waals surface area contributed by atoms with Crippen LogP contribution < -0.4 is 16.0 Å². The monoisotopic (exact) mass is 423 g/mol. The Bertz CT molecular complexity index is 979. The molecule has 2 aromatic carbocycles. The number of pyridine rings is 1. The number of hydrogen-bond acceptors (Lipinski definition) is 5. The molecule has 1 aromatic heterocycles. The smallest absolute Gasteiger partial charge is 0.147 e. The Balaban J connectivity index is 0.00000155. The van der Waals surface area contributed by atoms with Crippen LogP contribution >= 0.6 is 11.6 Å². The van der Waals surface area contributed by atoms with Gasteiger partial charge in [0.05, 0.1) is 11.2 Å². The topological polar surface area (TPSA) is 78.0 Å². The molecule has 30 heavy (non-hydrogen) atoms. The molecule has 0 spiro atoms. The highest BCUT2D eigenvalue weighted by Gasteiger charge is 2.19. The third-order valence-electron chi connectivity index (χ3n) is 4.83. The third-order valence-corrected chi connectivity index (χ3v) is 5.08. The highest BCUT2D eigenvalue weighted by atomic mass is 35.5. The first-order valence-electron chi connectivity index (χ1n) is 10.3. The third kappa shape index (κ3) is 5.63. The standard InChI is InChI=1S/C23H25ClN4.CH5N/c1-3-5-14-28(4-2)22-19-8-6-7-9-21(19)27-23(20(22)15-25)26-16-17-10-12-18(24)13-11-17;1-2/h6-13H,3-5,14,16H2,1-2H3,(H,26,27);2H2,1H3. The van der Waals surface area contributed by atoms with E-state index >= 15 is 0 Å². The van der Waals surface area contributed by atoms with Gasteiger partial charge in [0.1, 0.15) is 17.5 Å². The number of hydrogen-bond donors (Lipinski definition) is 2. The van der Waals surface area contributed by atoms with E-state index < -0.39 is 0 Å². The number of para-hydroxylation sites is 1. The summed E-state index contributed by atoms with van der Waals surface area (Å²) in [7, 11) is 1.50. The Morgan fingerprint density at radius 2 is 1.80 bits per heavy atom. The molecule has 0 fully saturated rings. The van der Waals surface area contributed by atoms with E-state index in [9.17, 15) is 5.26 Å². The fourth-order valence-corrected chi connectivity index (χ4v) is 3.45. The molecule has 158 valence electrons. The van der Waals surface area contributed by atoms with Crippen LogP contribution in [0.15, 0.2) is 48.5 Å². The summed E-state index contributed by atoms with van der Waals surface area (Å²) in [5.41, 5.74) is 8.06. The number of nitrogens with zero attached hydrogens (tertiary/aromatic N) is 3. The molecule has 0 radical (unpaired) electrons. The van der Waals surface area contributed by atoms with Crippen molar-refractivity contribution >= 4 is 34.0 Å². The van der Waals surface area contributed by atoms with E-state index in [0.29, 0.717) is 22.9 Å². The molecule has 0 saturated carbocycles. The van der Waals surface area contributed by atoms with E-state index in [1.54, 1.807) is 0 Å². The van der Waals surface area contributed by atoms with Crippen LogP contribution in [-0.4, -0.2) is 25.1 Å². The average Bonchev–Trinajstić information content (AvgIpc) is 2.80. The van der Waals surface area contributed by atoms with Crippen molar-refractivity contribution in [3.8, 4) is 6.07 Å². The predicted octanol–water partition coefficient (Wildman–Crippen LogP) is 5.57. The number of anilines is 2. The number of nitrogens with two attached hydrogens (primary N) is 1. The first kappa shape index (κ1) is 23.5. The summed E-state index contributed by atoms with van der Waals surface area (Å²) in [6.45, 7) is 6.67. The number of benzene rings is 2. The Kier molecular flexibility index (Phi) is 9.40. The molecule has 0 saturated heterocycles. The SMILES string of the molecule is CCCCN(CC)c1c(C#N)c(NCc2ccc(Cl)cc2)nc2ccccc12.CN. The molecule has 0 bridgehead atoms. The average molecular weight is 424 g/mol. The Hall–Kier alpha value is -2.81. The van der Waals surface area contributed by atoms with Gasteiger partial charge in [-0.15, -0.1) is 0 Å². The second kappa shape index (κ2) is 12.0. The maximum Gasteiger partial charge on any atom is 0.147 e. The van der Waals surface area contributed by atoms with E-state index in [1.807, 2.05) is 42.5 Å². The van der Waals surface area contributed by atoms with Gasteiger partial charge < -0.3 is 16.0 Å². The maximum atomic E-state index is 9.99. The zero-order chi connectivity index (χ0) is 21.9. The first-order valence-corrected chi connectivity index (χ1v) is 10.7. The second-order valence-corrected chi connectivity index (χ2v) is 7.16. The predicted molar refractivity (Wildman–Crippen MR) is 128 cm³/mol. The van der Waals surface area contributed by atoms with Gasteiger partial charge in [0.25, 0.3) is 0 Å². The molecule has 0 unspecified atom stereocenters. The van der Waals surface area contributed by atoms with Crippen LogP contribution in [0.2, 0.25) is 5.02 Å². The summed E-state index contributed by atoms with van der Waals surface area (Å²) in [5, 5.41) is 15.1. The second-order valence-electron chi connectivity index (χ2n) is 6.73. The lowest BCUT2D eigenvalue weighted by Gasteiger charge is -2.26. The van der Waals surface area contributed by atoms with Crippen molar-refractivity contribution in [2.45, 2.75) is 33.2 Å². The fraction of sp³-hybridized carbons (Fsp3) is 0.333. The number of nitriles is 1. The van der Waals surface area contributed by atoms with E-state index in [2.05, 4.69) is 41.9 Å². The van der Waals surface area contributed by atoms with Crippen molar-refractivity contribution < 1.29 is 0 Å². The summed E-state index contributed by atoms with van der Waals surface area (Å²) in [4.78, 5) is 7.04. The molecule has 5 nitrogen and oxygen atoms in total. The zero-order valence-electron chi connectivity index (χ0n) is 18.0. The van der Waals surface area contributed by atoms with E-state index in [4.69, 9.17) is 16.6 Å². The molecule has 0 aliphatic rings. The van der Waals surface area contributed by atoms with Gasteiger partial charge >= 0.3 is 0 Å². The number of unbranched alkanes of at least 4 members (excludes halogenated alkanes) is 1. The summed E-state index contributed by atoms with van der Waals surface area (Å²) in [6.07, 6.45) is 2.20. The zero-order valence-corrected chi connectivity index (χ0v) is 18.7. The molecule has 1 heterocycles. The number of fused-ring (bicyclic) bond motifs is 1. The minimum absolute atomic E-state index is 0.581. The number of nitrogens with one attached hydrogen (secondary N) is 1. The van der Waals surface area contributed by atoms with Crippen molar-refractivity contribution in [3.05, 3.63) is 64.7 Å². The lowest BCUT2D eigenvalue weighted by atomic mass is 10.1. The van der Waals surface area contributed by atoms with Crippen molar-refractivity contribution in [3.63, 3.8) is 0 Å². The fourth-order valence-electron chi connectivity index (χ4n) is 3.32. The lowest BCUT2D eigenvalue weighted by molar-refractivity contribution is 0.733. The Labute approximate surface area is 184 Å². The molecule has 3 N–H and O–H groups in total. The molecular formula is C24H30ClN5. The molecule has 6 heteroatoms. The summed E-state index contributed by atoms with van der Waals surface area (Å²) >= 11 is 5.97. The lowest BCUT2D eigenvalue weighted by Crippen LogP contribution is -2.25. The van der Waals surface area contributed by atoms with Gasteiger partial charge in [0, 0.05) is 30.0 Å². The van der Waals surface area contributed by atoms with Crippen molar-refractivity contribution in [2.24, 2.45) is 5.73 Å². The normalized spacial score (nSPS) is 10.1. The summed E-state index contributed by atoms with van der Waals surface area (Å²) in [5.74, 6) is 0.626. The van der Waals surface area contributed by atoms with Gasteiger partial charge in [-0.25, -0.2) is 4.98 Å². The highest BCUT2D eigenvalue weighted by Crippen LogP contribution is 2.34. The number of halogens is 1. The van der Waals surface area contributed by atoms with Gasteiger partial charge in [-0.05, 0) is 44.2 Å². The van der Waals surface area contributed by atoms with Crippen LogP contribution in [0.25, 0.3) is 10.9 Å². The van der Waals surface area contributed by atoms with Crippen LogP contribution in [0.5, 0.6) is 0 Å². The number of aromatic nitrogens is 1. The molecule has 3 aromatic rings. The van der Waals surface area contributed by atoms with Gasteiger partial charge in [-0.1, -0.05) is 55.3 Å². The largest absolute Gasteiger partial charge is 0.370 e. The van der Waals surface area contributed by atoms with Crippen LogP contribution in [0.3, 0.4) is 0 Å². The molecule has 0 aliphatic carbocycles. The quantitative estimate of drug-likeness (QED) is 0.495. The van der Waals surface area contributed by atoms with Crippen LogP contribution in [-0.2, 0) is 6.54 Å². The molecular weight excluding hydrogens is 394 g/mol. The molecule has 0 atom stereocenters. The van der Waals surface area contributed by atoms with E-state index in [-0.39, 0.29) is 0 Å². The minimum atomic E-state index is 0.581. The minimum Gasteiger partial charge on any atom is -0.370 e. The Morgan fingerprint density at radius 3 is 2.43 bits per heavy atom. The number of rotatable bonds is 8. The van der Waals surface area contributed by atoms with Gasteiger partial charge in [-0.3, -0.25) is 0 Å². The molecule has 0 amide bonds. The van der Waals surface area contributed by atoms with Crippen LogP contribution in [0.4, 0.5) is 11.5 Å². The molecule has 3 rings (SSSR count). The van der Waals surface area contributed by atoms with E-state index in [0.717, 1.165) is 48.1 Å². The first-order chi connectivity index (χ1) is 14.7. The van der Waals surface area contributed by atoms with Gasteiger partial charge in [-0.2, -0.15) is 5.26 Å². The maximum absolute atomic E-state index is 9.99. The van der Waals surface area contributed by atoms with Gasteiger partial charge in [0.2, 0.25) is 0 Å². The van der Waals surface area contributed by atoms with Crippen molar-refractivity contribution in [2.75, 3.05) is 30.4 Å². The van der Waals surface area contributed by atoms with Crippen LogP contribution in [0, 0.1) is 11.3 Å². The highest BCUT2D eigenvalue weighted by molar-refractivity contribution is 6.30. The summed E-state index contributed by atoms with van der Waals surface area (Å²) < 4.78 is 0. The molecule has 0 aliphatic heterocycles. The van der Waals surface area contributed by atoms with Crippen molar-refractivity contribution in [1.29, 1.82) is 5.26 Å². The Morgan fingerprint density at radius 1 is 1.10 bits per heavy atom. The van der Waals surface area contributed by atoms with E-state index in [1.165, 1.54) is 7.05 Å². The van der Waals surface area contributed by atoms with Crippen molar-refractivity contribution in [1.82, 2.24) is 4.98 Å². The van der Waals surface area contributed by atoms with Crippen LogP contribution in [0.1, 0.15) is 37.8 Å². The van der Waals surface area contributed by atoms with Gasteiger partial charge in [0.15, 0.2) is 0 Å².